The molecule has 2 nitrogen and oxygen atoms in total. The number of nitrogens with two attached hydrogens (primary N) is 1. The number of rotatable bonds is 2. The lowest BCUT2D eigenvalue weighted by Crippen LogP contribution is -2.18. The number of ether oxygens (including phenoxy) is 1. The highest BCUT2D eigenvalue weighted by Gasteiger charge is 2.40. The summed E-state index contributed by atoms with van der Waals surface area (Å²) in [6, 6.07) is 5.66. The highest BCUT2D eigenvalue weighted by atomic mass is 35.5. The summed E-state index contributed by atoms with van der Waals surface area (Å²) in [6.45, 7) is 0. The summed E-state index contributed by atoms with van der Waals surface area (Å²) in [5.74, 6) is 0.777. The smallest absolute Gasteiger partial charge is 0.120 e. The van der Waals surface area contributed by atoms with Crippen molar-refractivity contribution in [1.29, 1.82) is 0 Å². The number of hydrogen-bond acceptors (Lipinski definition) is 2. The van der Waals surface area contributed by atoms with Gasteiger partial charge in [0, 0.05) is 10.6 Å². The zero-order valence-corrected chi connectivity index (χ0v) is 8.27. The van der Waals surface area contributed by atoms with E-state index in [1.807, 2.05) is 12.1 Å². The molecule has 0 atom stereocenters. The van der Waals surface area contributed by atoms with Gasteiger partial charge in [-0.05, 0) is 36.6 Å². The highest BCUT2D eigenvalue weighted by Crippen LogP contribution is 2.44. The highest BCUT2D eigenvalue weighted by molar-refractivity contribution is 6.30. The minimum Gasteiger partial charge on any atom is -0.497 e. The Bertz CT molecular complexity index is 334. The molecular formula is C10H12ClNO. The summed E-state index contributed by atoms with van der Waals surface area (Å²) in [5, 5.41) is 0.686. The third-order valence-electron chi connectivity index (χ3n) is 2.47. The predicted molar refractivity (Wildman–Crippen MR) is 53.1 cm³/mol. The van der Waals surface area contributed by atoms with Crippen molar-refractivity contribution in [3.05, 3.63) is 28.8 Å². The molecule has 1 aliphatic rings. The molecule has 2 N–H and O–H groups in total. The van der Waals surface area contributed by atoms with Crippen LogP contribution in [0.2, 0.25) is 5.02 Å². The second-order valence-corrected chi connectivity index (χ2v) is 3.97. The first-order chi connectivity index (χ1) is 6.14. The lowest BCUT2D eigenvalue weighted by atomic mass is 10.1. The molecule has 0 amide bonds. The molecular weight excluding hydrogens is 186 g/mol. The van der Waals surface area contributed by atoms with E-state index in [0.717, 1.165) is 24.2 Å². The number of halogens is 1. The average Bonchev–Trinajstić information content (AvgIpc) is 2.84. The second kappa shape index (κ2) is 2.89. The maximum Gasteiger partial charge on any atom is 0.120 e. The van der Waals surface area contributed by atoms with Crippen LogP contribution in [0.3, 0.4) is 0 Å². The number of methoxy groups -OCH3 is 1. The summed E-state index contributed by atoms with van der Waals surface area (Å²) in [7, 11) is 1.63. The van der Waals surface area contributed by atoms with Gasteiger partial charge in [0.25, 0.3) is 0 Å². The molecule has 1 aromatic rings. The van der Waals surface area contributed by atoms with Crippen molar-refractivity contribution in [2.24, 2.45) is 5.73 Å². The number of benzene rings is 1. The minimum absolute atomic E-state index is 0.141. The van der Waals surface area contributed by atoms with E-state index in [4.69, 9.17) is 22.1 Å². The molecule has 0 bridgehead atoms. The fraction of sp³-hybridized carbons (Fsp3) is 0.400. The summed E-state index contributed by atoms with van der Waals surface area (Å²) in [6.07, 6.45) is 2.08. The molecule has 1 aliphatic carbocycles. The van der Waals surface area contributed by atoms with Crippen LogP contribution in [0.4, 0.5) is 0 Å². The SMILES string of the molecule is COc1cc(Cl)cc(C2(N)CC2)c1. The Hall–Kier alpha value is -0.730. The van der Waals surface area contributed by atoms with Gasteiger partial charge in [0.1, 0.15) is 5.75 Å². The first kappa shape index (κ1) is 8.85. The molecule has 1 aromatic carbocycles. The lowest BCUT2D eigenvalue weighted by molar-refractivity contribution is 0.413. The Kier molecular flexibility index (Phi) is 1.97. The molecule has 13 heavy (non-hydrogen) atoms. The van der Waals surface area contributed by atoms with Crippen molar-refractivity contribution in [1.82, 2.24) is 0 Å². The largest absolute Gasteiger partial charge is 0.497 e. The van der Waals surface area contributed by atoms with Crippen molar-refractivity contribution in [3.63, 3.8) is 0 Å². The first-order valence-electron chi connectivity index (χ1n) is 4.28. The standard InChI is InChI=1S/C10H12ClNO/c1-13-9-5-7(4-8(11)6-9)10(12)2-3-10/h4-6H,2-3,12H2,1H3. The summed E-state index contributed by atoms with van der Waals surface area (Å²) in [5.41, 5.74) is 6.99. The van der Waals surface area contributed by atoms with Crippen LogP contribution in [-0.2, 0) is 5.54 Å². The summed E-state index contributed by atoms with van der Waals surface area (Å²) >= 11 is 5.93. The molecule has 2 rings (SSSR count). The van der Waals surface area contributed by atoms with E-state index in [2.05, 4.69) is 0 Å². The Morgan fingerprint density at radius 2 is 2.08 bits per heavy atom. The fourth-order valence-electron chi connectivity index (χ4n) is 1.39. The summed E-state index contributed by atoms with van der Waals surface area (Å²) < 4.78 is 5.12. The molecule has 70 valence electrons. The molecule has 0 saturated heterocycles. The van der Waals surface area contributed by atoms with Crippen LogP contribution in [0.5, 0.6) is 5.75 Å². The van der Waals surface area contributed by atoms with Gasteiger partial charge in [0.05, 0.1) is 7.11 Å². The van der Waals surface area contributed by atoms with Crippen molar-refractivity contribution in [2.75, 3.05) is 7.11 Å². The molecule has 0 spiro atoms. The molecule has 0 heterocycles. The van der Waals surface area contributed by atoms with E-state index in [9.17, 15) is 0 Å². The van der Waals surface area contributed by atoms with Crippen LogP contribution in [0, 0.1) is 0 Å². The molecule has 1 fully saturated rings. The Labute approximate surface area is 82.6 Å². The van der Waals surface area contributed by atoms with Crippen molar-refractivity contribution >= 4 is 11.6 Å². The zero-order valence-electron chi connectivity index (χ0n) is 7.51. The van der Waals surface area contributed by atoms with E-state index in [-0.39, 0.29) is 5.54 Å². The van der Waals surface area contributed by atoms with Crippen LogP contribution in [0.25, 0.3) is 0 Å². The first-order valence-corrected chi connectivity index (χ1v) is 4.66. The van der Waals surface area contributed by atoms with Crippen LogP contribution in [-0.4, -0.2) is 7.11 Å². The second-order valence-electron chi connectivity index (χ2n) is 3.54. The van der Waals surface area contributed by atoms with Gasteiger partial charge in [-0.15, -0.1) is 0 Å². The van der Waals surface area contributed by atoms with Crippen LogP contribution >= 0.6 is 11.6 Å². The van der Waals surface area contributed by atoms with Crippen molar-refractivity contribution in [3.8, 4) is 5.75 Å². The normalized spacial score (nSPS) is 18.4. The van der Waals surface area contributed by atoms with Gasteiger partial charge in [-0.1, -0.05) is 11.6 Å². The zero-order chi connectivity index (χ0) is 9.47. The topological polar surface area (TPSA) is 35.2 Å². The van der Waals surface area contributed by atoms with Crippen LogP contribution < -0.4 is 10.5 Å². The average molecular weight is 198 g/mol. The Morgan fingerprint density at radius 1 is 1.38 bits per heavy atom. The maximum atomic E-state index is 6.05. The Balaban J connectivity index is 2.40. The molecule has 3 heteroatoms. The van der Waals surface area contributed by atoms with Gasteiger partial charge in [-0.3, -0.25) is 0 Å². The van der Waals surface area contributed by atoms with Gasteiger partial charge in [-0.2, -0.15) is 0 Å². The summed E-state index contributed by atoms with van der Waals surface area (Å²) in [4.78, 5) is 0. The predicted octanol–water partition coefficient (Wildman–Crippen LogP) is 2.30. The van der Waals surface area contributed by atoms with Gasteiger partial charge in [0.15, 0.2) is 0 Å². The molecule has 0 radical (unpaired) electrons. The van der Waals surface area contributed by atoms with E-state index in [0.29, 0.717) is 5.02 Å². The third-order valence-corrected chi connectivity index (χ3v) is 2.69. The van der Waals surface area contributed by atoms with E-state index < -0.39 is 0 Å². The van der Waals surface area contributed by atoms with Crippen molar-refractivity contribution < 1.29 is 4.74 Å². The quantitative estimate of drug-likeness (QED) is 0.790. The maximum absolute atomic E-state index is 6.05. The molecule has 1 saturated carbocycles. The molecule has 0 aliphatic heterocycles. The van der Waals surface area contributed by atoms with E-state index >= 15 is 0 Å². The molecule has 0 unspecified atom stereocenters. The van der Waals surface area contributed by atoms with Crippen LogP contribution in [0.15, 0.2) is 18.2 Å². The van der Waals surface area contributed by atoms with Crippen molar-refractivity contribution in [2.45, 2.75) is 18.4 Å². The number of hydrogen-bond donors (Lipinski definition) is 1. The fourth-order valence-corrected chi connectivity index (χ4v) is 1.62. The van der Waals surface area contributed by atoms with Crippen LogP contribution in [0.1, 0.15) is 18.4 Å². The van der Waals surface area contributed by atoms with Gasteiger partial charge in [-0.25, -0.2) is 0 Å². The van der Waals surface area contributed by atoms with E-state index in [1.165, 1.54) is 0 Å². The molecule has 0 aromatic heterocycles. The van der Waals surface area contributed by atoms with E-state index in [1.54, 1.807) is 13.2 Å². The lowest BCUT2D eigenvalue weighted by Gasteiger charge is -2.11. The Morgan fingerprint density at radius 3 is 2.62 bits per heavy atom. The minimum atomic E-state index is -0.141. The van der Waals surface area contributed by atoms with Gasteiger partial charge >= 0.3 is 0 Å². The monoisotopic (exact) mass is 197 g/mol. The van der Waals surface area contributed by atoms with Gasteiger partial charge in [0.2, 0.25) is 0 Å². The third kappa shape index (κ3) is 1.64. The van der Waals surface area contributed by atoms with Gasteiger partial charge < -0.3 is 10.5 Å².